The quantitative estimate of drug-likeness (QED) is 0.711. The van der Waals surface area contributed by atoms with Gasteiger partial charge in [0.1, 0.15) is 18.1 Å². The normalized spacial score (nSPS) is 10.8. The molecule has 0 spiro atoms. The van der Waals surface area contributed by atoms with E-state index in [1.165, 1.54) is 0 Å². The average Bonchev–Trinajstić information content (AvgIpc) is 2.57. The van der Waals surface area contributed by atoms with Crippen LogP contribution in [0.3, 0.4) is 0 Å². The van der Waals surface area contributed by atoms with Gasteiger partial charge in [-0.1, -0.05) is 36.4 Å². The van der Waals surface area contributed by atoms with Crippen LogP contribution >= 0.6 is 15.9 Å². The van der Waals surface area contributed by atoms with Crippen LogP contribution in [0.15, 0.2) is 51.7 Å². The zero-order chi connectivity index (χ0) is 17.3. The third-order valence-corrected chi connectivity index (χ3v) is 4.48. The number of carbonyl (C=O) groups is 1. The molecule has 3 rings (SSSR count). The lowest BCUT2D eigenvalue weighted by molar-refractivity contribution is 0.0689. The summed E-state index contributed by atoms with van der Waals surface area (Å²) in [6.45, 7) is 2.12. The molecule has 0 saturated carbocycles. The fraction of sp³-hybridized carbons (Fsp3) is 0.111. The van der Waals surface area contributed by atoms with Gasteiger partial charge in [-0.15, -0.1) is 0 Å². The SMILES string of the molecule is Cc1ccc(OCc2ccccc2)c2[nH]c(C(=O)O)c(Br)c(=O)c12. The van der Waals surface area contributed by atoms with Crippen LogP contribution in [-0.4, -0.2) is 16.1 Å². The van der Waals surface area contributed by atoms with Gasteiger partial charge in [0.15, 0.2) is 0 Å². The fourth-order valence-corrected chi connectivity index (χ4v) is 2.98. The Hall–Kier alpha value is -2.60. The summed E-state index contributed by atoms with van der Waals surface area (Å²) >= 11 is 3.07. The van der Waals surface area contributed by atoms with Crippen molar-refractivity contribution in [3.63, 3.8) is 0 Å². The van der Waals surface area contributed by atoms with Gasteiger partial charge < -0.3 is 14.8 Å². The van der Waals surface area contributed by atoms with Gasteiger partial charge in [-0.25, -0.2) is 4.79 Å². The maximum Gasteiger partial charge on any atom is 0.353 e. The Morgan fingerprint density at radius 1 is 1.21 bits per heavy atom. The van der Waals surface area contributed by atoms with Crippen molar-refractivity contribution in [3.8, 4) is 5.75 Å². The number of hydrogen-bond acceptors (Lipinski definition) is 3. The summed E-state index contributed by atoms with van der Waals surface area (Å²) in [7, 11) is 0. The van der Waals surface area contributed by atoms with E-state index in [0.29, 0.717) is 23.3 Å². The summed E-state index contributed by atoms with van der Waals surface area (Å²) in [6.07, 6.45) is 0. The minimum atomic E-state index is -1.21. The van der Waals surface area contributed by atoms with Gasteiger partial charge >= 0.3 is 5.97 Å². The smallest absolute Gasteiger partial charge is 0.353 e. The molecule has 0 aliphatic carbocycles. The number of rotatable bonds is 4. The highest BCUT2D eigenvalue weighted by molar-refractivity contribution is 9.10. The number of pyridine rings is 1. The molecule has 1 heterocycles. The number of aromatic amines is 1. The first-order valence-electron chi connectivity index (χ1n) is 7.24. The molecule has 0 unspecified atom stereocenters. The molecule has 0 radical (unpaired) electrons. The number of carboxylic acid groups (broad SMARTS) is 1. The lowest BCUT2D eigenvalue weighted by Crippen LogP contribution is -2.14. The second-order valence-corrected chi connectivity index (χ2v) is 6.15. The molecule has 3 aromatic rings. The number of carboxylic acids is 1. The van der Waals surface area contributed by atoms with E-state index in [9.17, 15) is 14.7 Å². The highest BCUT2D eigenvalue weighted by atomic mass is 79.9. The number of halogens is 1. The number of aromatic nitrogens is 1. The first kappa shape index (κ1) is 16.3. The summed E-state index contributed by atoms with van der Waals surface area (Å²) in [6, 6.07) is 13.1. The molecule has 0 bridgehead atoms. The Bertz CT molecular complexity index is 980. The van der Waals surface area contributed by atoms with E-state index in [-0.39, 0.29) is 15.6 Å². The molecule has 0 saturated heterocycles. The number of aromatic carboxylic acids is 1. The maximum absolute atomic E-state index is 12.5. The van der Waals surface area contributed by atoms with E-state index in [1.54, 1.807) is 19.1 Å². The van der Waals surface area contributed by atoms with Gasteiger partial charge in [-0.05, 0) is 40.0 Å². The lowest BCUT2D eigenvalue weighted by atomic mass is 10.1. The molecule has 24 heavy (non-hydrogen) atoms. The number of fused-ring (bicyclic) bond motifs is 1. The highest BCUT2D eigenvalue weighted by Crippen LogP contribution is 2.28. The molecule has 0 aliphatic heterocycles. The zero-order valence-electron chi connectivity index (χ0n) is 12.8. The summed E-state index contributed by atoms with van der Waals surface area (Å²) < 4.78 is 5.82. The van der Waals surface area contributed by atoms with Crippen LogP contribution in [0.25, 0.3) is 10.9 Å². The molecule has 1 aromatic heterocycles. The molecule has 2 aromatic carbocycles. The van der Waals surface area contributed by atoms with Crippen LogP contribution < -0.4 is 10.2 Å². The van der Waals surface area contributed by atoms with Gasteiger partial charge in [0, 0.05) is 0 Å². The molecule has 6 heteroatoms. The van der Waals surface area contributed by atoms with Crippen molar-refractivity contribution in [3.05, 3.63) is 74.0 Å². The predicted octanol–water partition coefficient (Wildman–Crippen LogP) is 3.88. The Balaban J connectivity index is 2.13. The molecule has 0 aliphatic rings. The standard InChI is InChI=1S/C18H14BrNO4/c1-10-7-8-12(24-9-11-5-3-2-4-6-11)15-13(10)17(21)14(19)16(20-15)18(22)23/h2-8H,9H2,1H3,(H,20,21)(H,22,23). The monoisotopic (exact) mass is 387 g/mol. The van der Waals surface area contributed by atoms with Crippen LogP contribution in [0.2, 0.25) is 0 Å². The fourth-order valence-electron chi connectivity index (χ4n) is 2.51. The Morgan fingerprint density at radius 2 is 1.92 bits per heavy atom. The van der Waals surface area contributed by atoms with Crippen molar-refractivity contribution in [2.75, 3.05) is 0 Å². The highest BCUT2D eigenvalue weighted by Gasteiger charge is 2.18. The van der Waals surface area contributed by atoms with Crippen LogP contribution in [0.4, 0.5) is 0 Å². The number of hydrogen-bond donors (Lipinski definition) is 2. The maximum atomic E-state index is 12.5. The molecule has 0 amide bonds. The largest absolute Gasteiger partial charge is 0.487 e. The van der Waals surface area contributed by atoms with E-state index >= 15 is 0 Å². The zero-order valence-corrected chi connectivity index (χ0v) is 14.4. The molecular formula is C18H14BrNO4. The van der Waals surface area contributed by atoms with E-state index in [4.69, 9.17) is 4.74 Å². The summed E-state index contributed by atoms with van der Waals surface area (Å²) in [4.78, 5) is 26.7. The van der Waals surface area contributed by atoms with Crippen LogP contribution in [0.5, 0.6) is 5.75 Å². The third kappa shape index (κ3) is 2.92. The van der Waals surface area contributed by atoms with Crippen molar-refractivity contribution in [1.29, 1.82) is 0 Å². The molecule has 0 fully saturated rings. The van der Waals surface area contributed by atoms with Crippen molar-refractivity contribution >= 4 is 32.8 Å². The van der Waals surface area contributed by atoms with Gasteiger partial charge in [0.25, 0.3) is 0 Å². The number of aryl methyl sites for hydroxylation is 1. The topological polar surface area (TPSA) is 79.4 Å². The number of nitrogens with one attached hydrogen (secondary N) is 1. The third-order valence-electron chi connectivity index (χ3n) is 3.72. The first-order chi connectivity index (χ1) is 11.5. The number of benzene rings is 2. The predicted molar refractivity (Wildman–Crippen MR) is 94.7 cm³/mol. The summed E-state index contributed by atoms with van der Waals surface area (Å²) in [5, 5.41) is 9.69. The van der Waals surface area contributed by atoms with Gasteiger partial charge in [-0.2, -0.15) is 0 Å². The average molecular weight is 388 g/mol. The Morgan fingerprint density at radius 3 is 2.58 bits per heavy atom. The second-order valence-electron chi connectivity index (χ2n) is 5.35. The van der Waals surface area contributed by atoms with Crippen molar-refractivity contribution in [2.24, 2.45) is 0 Å². The van der Waals surface area contributed by atoms with E-state index in [0.717, 1.165) is 11.1 Å². The van der Waals surface area contributed by atoms with Crippen molar-refractivity contribution < 1.29 is 14.6 Å². The Labute approximate surface area is 146 Å². The van der Waals surface area contributed by atoms with E-state index < -0.39 is 5.97 Å². The molecular weight excluding hydrogens is 374 g/mol. The van der Waals surface area contributed by atoms with Gasteiger partial charge in [0.2, 0.25) is 5.43 Å². The molecule has 2 N–H and O–H groups in total. The van der Waals surface area contributed by atoms with Crippen LogP contribution in [0.1, 0.15) is 21.6 Å². The summed E-state index contributed by atoms with van der Waals surface area (Å²) in [5.74, 6) is -0.775. The minimum absolute atomic E-state index is 0.00538. The van der Waals surface area contributed by atoms with E-state index in [2.05, 4.69) is 20.9 Å². The molecule has 122 valence electrons. The number of ether oxygens (including phenoxy) is 1. The summed E-state index contributed by atoms with van der Waals surface area (Å²) in [5.41, 5.74) is 1.54. The first-order valence-corrected chi connectivity index (χ1v) is 8.03. The van der Waals surface area contributed by atoms with Crippen LogP contribution in [0, 0.1) is 6.92 Å². The second kappa shape index (κ2) is 6.49. The minimum Gasteiger partial charge on any atom is -0.487 e. The number of H-pyrrole nitrogens is 1. The van der Waals surface area contributed by atoms with Crippen molar-refractivity contribution in [2.45, 2.75) is 13.5 Å². The Kier molecular flexibility index (Phi) is 4.40. The van der Waals surface area contributed by atoms with Gasteiger partial charge in [0.05, 0.1) is 15.4 Å². The lowest BCUT2D eigenvalue weighted by Gasteiger charge is -2.12. The molecule has 0 atom stereocenters. The van der Waals surface area contributed by atoms with Crippen LogP contribution in [-0.2, 0) is 6.61 Å². The van der Waals surface area contributed by atoms with Gasteiger partial charge in [-0.3, -0.25) is 4.79 Å². The van der Waals surface area contributed by atoms with Crippen molar-refractivity contribution in [1.82, 2.24) is 4.98 Å². The van der Waals surface area contributed by atoms with E-state index in [1.807, 2.05) is 30.3 Å². The molecule has 5 nitrogen and oxygen atoms in total.